The van der Waals surface area contributed by atoms with Crippen LogP contribution in [0.4, 0.5) is 0 Å². The van der Waals surface area contributed by atoms with E-state index in [1.54, 1.807) is 0 Å². The largest absolute Gasteiger partial charge is 0.368 e. The second-order valence-corrected chi connectivity index (χ2v) is 6.65. The Kier molecular flexibility index (Phi) is 3.98. The highest BCUT2D eigenvalue weighted by atomic mass is 16.5. The van der Waals surface area contributed by atoms with E-state index in [2.05, 4.69) is 53.5 Å². The van der Waals surface area contributed by atoms with Crippen LogP contribution >= 0.6 is 0 Å². The van der Waals surface area contributed by atoms with Crippen molar-refractivity contribution in [3.8, 4) is 0 Å². The van der Waals surface area contributed by atoms with E-state index >= 15 is 0 Å². The van der Waals surface area contributed by atoms with E-state index in [9.17, 15) is 0 Å². The van der Waals surface area contributed by atoms with Crippen molar-refractivity contribution in [1.82, 2.24) is 4.90 Å². The van der Waals surface area contributed by atoms with Crippen LogP contribution in [0.5, 0.6) is 0 Å². The van der Waals surface area contributed by atoms with Crippen LogP contribution < -0.4 is 5.73 Å². The zero-order valence-electron chi connectivity index (χ0n) is 12.6. The Bertz CT molecular complexity index is 275. The van der Waals surface area contributed by atoms with Crippen LogP contribution in [0.2, 0.25) is 0 Å². The molecule has 1 fully saturated rings. The summed E-state index contributed by atoms with van der Waals surface area (Å²) in [5.41, 5.74) is 5.78. The van der Waals surface area contributed by atoms with Gasteiger partial charge in [-0.25, -0.2) is 0 Å². The van der Waals surface area contributed by atoms with Gasteiger partial charge in [0.05, 0.1) is 16.7 Å². The van der Waals surface area contributed by atoms with Gasteiger partial charge in [-0.2, -0.15) is 0 Å². The van der Waals surface area contributed by atoms with Crippen molar-refractivity contribution >= 4 is 0 Å². The monoisotopic (exact) mass is 242 g/mol. The second kappa shape index (κ2) is 4.52. The minimum atomic E-state index is -0.205. The van der Waals surface area contributed by atoms with Gasteiger partial charge in [-0.3, -0.25) is 4.90 Å². The maximum atomic E-state index is 6.24. The third-order valence-corrected chi connectivity index (χ3v) is 4.64. The minimum Gasteiger partial charge on any atom is -0.368 e. The lowest BCUT2D eigenvalue weighted by Gasteiger charge is -2.48. The first-order valence-corrected chi connectivity index (χ1v) is 6.75. The molecule has 0 aliphatic carbocycles. The molecular formula is C14H30N2O. The van der Waals surface area contributed by atoms with Crippen LogP contribution in [0.3, 0.4) is 0 Å². The van der Waals surface area contributed by atoms with Gasteiger partial charge in [-0.15, -0.1) is 0 Å². The van der Waals surface area contributed by atoms with Gasteiger partial charge in [-0.1, -0.05) is 6.92 Å². The lowest BCUT2D eigenvalue weighted by molar-refractivity contribution is -0.105. The van der Waals surface area contributed by atoms with Crippen LogP contribution in [0, 0.1) is 0 Å². The summed E-state index contributed by atoms with van der Waals surface area (Å²) in [4.78, 5) is 2.43. The van der Waals surface area contributed by atoms with Crippen LogP contribution in [0.15, 0.2) is 0 Å². The molecular weight excluding hydrogens is 212 g/mol. The molecule has 102 valence electrons. The van der Waals surface area contributed by atoms with Gasteiger partial charge in [0.15, 0.2) is 0 Å². The van der Waals surface area contributed by atoms with E-state index in [1.807, 2.05) is 0 Å². The molecule has 0 aromatic carbocycles. The second-order valence-electron chi connectivity index (χ2n) is 6.65. The number of likely N-dealkylation sites (N-methyl/N-ethyl adjacent to an activating group) is 1. The van der Waals surface area contributed by atoms with Crippen molar-refractivity contribution < 1.29 is 4.74 Å². The molecule has 2 N–H and O–H groups in total. The van der Waals surface area contributed by atoms with Gasteiger partial charge in [0.2, 0.25) is 0 Å². The number of hydrogen-bond acceptors (Lipinski definition) is 3. The highest BCUT2D eigenvalue weighted by Gasteiger charge is 2.58. The van der Waals surface area contributed by atoms with Crippen molar-refractivity contribution in [1.29, 1.82) is 0 Å². The van der Waals surface area contributed by atoms with Crippen molar-refractivity contribution in [2.75, 3.05) is 13.6 Å². The average Bonchev–Trinajstić information content (AvgIpc) is 2.41. The lowest BCUT2D eigenvalue weighted by Crippen LogP contribution is -2.64. The molecule has 1 saturated heterocycles. The van der Waals surface area contributed by atoms with Crippen LogP contribution in [-0.2, 0) is 4.74 Å². The smallest absolute Gasteiger partial charge is 0.0830 e. The van der Waals surface area contributed by atoms with Crippen LogP contribution in [0.25, 0.3) is 0 Å². The summed E-state index contributed by atoms with van der Waals surface area (Å²) in [7, 11) is 2.19. The van der Waals surface area contributed by atoms with Gasteiger partial charge < -0.3 is 10.5 Å². The summed E-state index contributed by atoms with van der Waals surface area (Å²) in [6.07, 6.45) is 2.12. The van der Waals surface area contributed by atoms with Gasteiger partial charge >= 0.3 is 0 Å². The predicted octanol–water partition coefficient (Wildman–Crippen LogP) is 2.39. The Hall–Kier alpha value is -0.120. The van der Waals surface area contributed by atoms with Crippen molar-refractivity contribution in [2.45, 2.75) is 77.2 Å². The Morgan fingerprint density at radius 1 is 1.29 bits per heavy atom. The Balaban J connectivity index is 3.11. The van der Waals surface area contributed by atoms with Crippen molar-refractivity contribution in [3.05, 3.63) is 0 Å². The highest BCUT2D eigenvalue weighted by molar-refractivity contribution is 5.13. The molecule has 0 radical (unpaired) electrons. The van der Waals surface area contributed by atoms with Crippen LogP contribution in [0.1, 0.15) is 54.4 Å². The fourth-order valence-electron chi connectivity index (χ4n) is 3.45. The molecule has 2 atom stereocenters. The standard InChI is InChI=1S/C14H30N2O/c1-8-11(2)16(7)14(10-15)9-12(3,4)17-13(14,5)6/h11H,8-10,15H2,1-7H3. The van der Waals surface area contributed by atoms with Gasteiger partial charge in [0.25, 0.3) is 0 Å². The average molecular weight is 242 g/mol. The zero-order chi connectivity index (χ0) is 13.5. The molecule has 0 amide bonds. The molecule has 0 spiro atoms. The number of nitrogens with zero attached hydrogens (tertiary/aromatic N) is 1. The minimum absolute atomic E-state index is 0.0636. The van der Waals surface area contributed by atoms with Crippen LogP contribution in [-0.4, -0.2) is 41.3 Å². The molecule has 1 aliphatic rings. The Labute approximate surface area is 107 Å². The number of nitrogens with two attached hydrogens (primary N) is 1. The molecule has 0 bridgehead atoms. The summed E-state index contributed by atoms with van der Waals surface area (Å²) in [5.74, 6) is 0. The summed E-state index contributed by atoms with van der Waals surface area (Å²) in [6.45, 7) is 13.8. The predicted molar refractivity (Wildman–Crippen MR) is 73.2 cm³/mol. The molecule has 0 aromatic heterocycles. The highest BCUT2D eigenvalue weighted by Crippen LogP contribution is 2.48. The summed E-state index contributed by atoms with van der Waals surface area (Å²) < 4.78 is 6.24. The quantitative estimate of drug-likeness (QED) is 0.822. The maximum Gasteiger partial charge on any atom is 0.0830 e. The normalized spacial score (nSPS) is 33.0. The van der Waals surface area contributed by atoms with E-state index in [4.69, 9.17) is 10.5 Å². The van der Waals surface area contributed by atoms with E-state index < -0.39 is 0 Å². The number of ether oxygens (including phenoxy) is 1. The summed E-state index contributed by atoms with van der Waals surface area (Å²) in [5, 5.41) is 0. The SMILES string of the molecule is CCC(C)N(C)C1(CN)CC(C)(C)OC1(C)C. The molecule has 3 nitrogen and oxygen atoms in total. The lowest BCUT2D eigenvalue weighted by atomic mass is 9.77. The first-order valence-electron chi connectivity index (χ1n) is 6.75. The zero-order valence-corrected chi connectivity index (χ0v) is 12.6. The Morgan fingerprint density at radius 3 is 2.12 bits per heavy atom. The number of rotatable bonds is 4. The summed E-state index contributed by atoms with van der Waals surface area (Å²) in [6, 6.07) is 0.523. The van der Waals surface area contributed by atoms with E-state index in [1.165, 1.54) is 0 Å². The van der Waals surface area contributed by atoms with E-state index in [0.29, 0.717) is 12.6 Å². The summed E-state index contributed by atoms with van der Waals surface area (Å²) >= 11 is 0. The third kappa shape index (κ3) is 2.38. The molecule has 1 heterocycles. The first kappa shape index (κ1) is 14.9. The molecule has 3 heteroatoms. The molecule has 17 heavy (non-hydrogen) atoms. The molecule has 0 saturated carbocycles. The number of hydrogen-bond donors (Lipinski definition) is 1. The molecule has 0 aromatic rings. The first-order chi connectivity index (χ1) is 7.62. The topological polar surface area (TPSA) is 38.5 Å². The van der Waals surface area contributed by atoms with Gasteiger partial charge in [-0.05, 0) is 54.5 Å². The van der Waals surface area contributed by atoms with Crippen molar-refractivity contribution in [3.63, 3.8) is 0 Å². The Morgan fingerprint density at radius 2 is 1.82 bits per heavy atom. The van der Waals surface area contributed by atoms with Gasteiger partial charge in [0, 0.05) is 12.6 Å². The third-order valence-electron chi connectivity index (χ3n) is 4.64. The van der Waals surface area contributed by atoms with E-state index in [-0.39, 0.29) is 16.7 Å². The molecule has 1 aliphatic heterocycles. The fourth-order valence-corrected chi connectivity index (χ4v) is 3.45. The molecule has 2 unspecified atom stereocenters. The van der Waals surface area contributed by atoms with Gasteiger partial charge in [0.1, 0.15) is 0 Å². The fraction of sp³-hybridized carbons (Fsp3) is 1.00. The molecule has 1 rings (SSSR count). The van der Waals surface area contributed by atoms with E-state index in [0.717, 1.165) is 12.8 Å². The van der Waals surface area contributed by atoms with Crippen molar-refractivity contribution in [2.24, 2.45) is 5.73 Å². The maximum absolute atomic E-state index is 6.24.